The molecule has 7 heteroatoms. The molecule has 1 fully saturated rings. The van der Waals surface area contributed by atoms with Gasteiger partial charge in [0.15, 0.2) is 5.96 Å². The quantitative estimate of drug-likeness (QED) is 0.367. The van der Waals surface area contributed by atoms with Crippen LogP contribution in [0, 0.1) is 0 Å². The lowest BCUT2D eigenvalue weighted by molar-refractivity contribution is 0.139. The molecular weight excluding hydrogens is 429 g/mol. The minimum atomic E-state index is 0. The SMILES string of the molecule is CCN1CCN(CCNC(=NC)NCc2cccc(OC)c2)CC1.I. The van der Waals surface area contributed by atoms with E-state index < -0.39 is 0 Å². The summed E-state index contributed by atoms with van der Waals surface area (Å²) in [5, 5.41) is 6.74. The van der Waals surface area contributed by atoms with Crippen LogP contribution in [0.3, 0.4) is 0 Å². The Bertz CT molecular complexity index is 518. The maximum atomic E-state index is 5.25. The lowest BCUT2D eigenvalue weighted by Gasteiger charge is -2.34. The molecule has 0 atom stereocenters. The summed E-state index contributed by atoms with van der Waals surface area (Å²) in [4.78, 5) is 9.30. The Kier molecular flexibility index (Phi) is 10.8. The van der Waals surface area contributed by atoms with E-state index in [4.69, 9.17) is 4.74 Å². The molecule has 2 rings (SSSR count). The molecule has 0 spiro atoms. The molecule has 0 amide bonds. The number of nitrogens with one attached hydrogen (secondary N) is 2. The van der Waals surface area contributed by atoms with Crippen molar-refractivity contribution in [1.29, 1.82) is 0 Å². The zero-order valence-corrected chi connectivity index (χ0v) is 18.0. The summed E-state index contributed by atoms with van der Waals surface area (Å²) in [6.45, 7) is 10.8. The molecule has 1 aliphatic rings. The van der Waals surface area contributed by atoms with Crippen LogP contribution >= 0.6 is 24.0 Å². The van der Waals surface area contributed by atoms with Gasteiger partial charge in [-0.05, 0) is 24.2 Å². The number of halogens is 1. The molecule has 6 nitrogen and oxygen atoms in total. The second-order valence-corrected chi connectivity index (χ2v) is 5.98. The molecule has 2 N–H and O–H groups in total. The highest BCUT2D eigenvalue weighted by atomic mass is 127. The first-order chi connectivity index (χ1) is 11.7. The molecule has 0 unspecified atom stereocenters. The van der Waals surface area contributed by atoms with E-state index in [0.717, 1.165) is 51.0 Å². The molecule has 0 aliphatic carbocycles. The average Bonchev–Trinajstić information content (AvgIpc) is 2.65. The highest BCUT2D eigenvalue weighted by Gasteiger charge is 2.14. The molecule has 25 heavy (non-hydrogen) atoms. The monoisotopic (exact) mass is 461 g/mol. The number of piperazine rings is 1. The second-order valence-electron chi connectivity index (χ2n) is 5.98. The normalized spacial score (nSPS) is 16.2. The van der Waals surface area contributed by atoms with E-state index in [1.807, 2.05) is 18.2 Å². The molecule has 1 saturated heterocycles. The molecule has 0 radical (unpaired) electrons. The zero-order valence-electron chi connectivity index (χ0n) is 15.6. The number of guanidine groups is 1. The van der Waals surface area contributed by atoms with Crippen LogP contribution in [0.4, 0.5) is 0 Å². The van der Waals surface area contributed by atoms with E-state index in [-0.39, 0.29) is 24.0 Å². The first-order valence-corrected chi connectivity index (χ1v) is 8.77. The number of benzene rings is 1. The Morgan fingerprint density at radius 2 is 1.88 bits per heavy atom. The first-order valence-electron chi connectivity index (χ1n) is 8.77. The van der Waals surface area contributed by atoms with E-state index in [1.54, 1.807) is 14.2 Å². The average molecular weight is 461 g/mol. The molecule has 142 valence electrons. The van der Waals surface area contributed by atoms with Gasteiger partial charge in [-0.15, -0.1) is 24.0 Å². The Balaban J connectivity index is 0.00000312. The highest BCUT2D eigenvalue weighted by Crippen LogP contribution is 2.11. The van der Waals surface area contributed by atoms with Crippen LogP contribution in [-0.2, 0) is 6.54 Å². The predicted octanol–water partition coefficient (Wildman–Crippen LogP) is 1.62. The molecule has 1 aromatic rings. The van der Waals surface area contributed by atoms with Crippen molar-refractivity contribution in [3.8, 4) is 5.75 Å². The van der Waals surface area contributed by atoms with Crippen LogP contribution < -0.4 is 15.4 Å². The highest BCUT2D eigenvalue weighted by molar-refractivity contribution is 14.0. The van der Waals surface area contributed by atoms with Crippen LogP contribution in [-0.4, -0.2) is 75.7 Å². The van der Waals surface area contributed by atoms with Gasteiger partial charge in [0.2, 0.25) is 0 Å². The van der Waals surface area contributed by atoms with Gasteiger partial charge in [-0.3, -0.25) is 9.89 Å². The molecular formula is C18H32IN5O. The third-order valence-corrected chi connectivity index (χ3v) is 4.45. The molecule has 0 bridgehead atoms. The lowest BCUT2D eigenvalue weighted by atomic mass is 10.2. The summed E-state index contributed by atoms with van der Waals surface area (Å²) in [5.74, 6) is 1.72. The van der Waals surface area contributed by atoms with Gasteiger partial charge in [-0.2, -0.15) is 0 Å². The summed E-state index contributed by atoms with van der Waals surface area (Å²) in [6, 6.07) is 8.07. The minimum absolute atomic E-state index is 0. The van der Waals surface area contributed by atoms with E-state index >= 15 is 0 Å². The number of methoxy groups -OCH3 is 1. The molecule has 1 heterocycles. The maximum absolute atomic E-state index is 5.25. The number of nitrogens with zero attached hydrogens (tertiary/aromatic N) is 3. The largest absolute Gasteiger partial charge is 0.497 e. The fraction of sp³-hybridized carbons (Fsp3) is 0.611. The lowest BCUT2D eigenvalue weighted by Crippen LogP contribution is -2.49. The van der Waals surface area contributed by atoms with Gasteiger partial charge in [-0.25, -0.2) is 0 Å². The summed E-state index contributed by atoms with van der Waals surface area (Å²) in [7, 11) is 3.49. The van der Waals surface area contributed by atoms with Crippen molar-refractivity contribution in [2.75, 3.05) is 60.0 Å². The van der Waals surface area contributed by atoms with Gasteiger partial charge in [0, 0.05) is 52.9 Å². The van der Waals surface area contributed by atoms with Crippen LogP contribution in [0.1, 0.15) is 12.5 Å². The molecule has 1 aromatic carbocycles. The summed E-state index contributed by atoms with van der Waals surface area (Å²) < 4.78 is 5.25. The van der Waals surface area contributed by atoms with Crippen molar-refractivity contribution in [2.24, 2.45) is 4.99 Å². The third-order valence-electron chi connectivity index (χ3n) is 4.45. The maximum Gasteiger partial charge on any atom is 0.191 e. The standard InChI is InChI=1S/C18H31N5O.HI/c1-4-22-10-12-23(13-11-22)9-8-20-18(19-2)21-15-16-6-5-7-17(14-16)24-3;/h5-7,14H,4,8-13,15H2,1-3H3,(H2,19,20,21);1H. The Hall–Kier alpha value is -1.06. The molecule has 1 aliphatic heterocycles. The number of likely N-dealkylation sites (N-methyl/N-ethyl adjacent to an activating group) is 1. The number of hydrogen-bond donors (Lipinski definition) is 2. The minimum Gasteiger partial charge on any atom is -0.497 e. The van der Waals surface area contributed by atoms with Crippen LogP contribution in [0.25, 0.3) is 0 Å². The van der Waals surface area contributed by atoms with Crippen molar-refractivity contribution < 1.29 is 4.74 Å². The fourth-order valence-corrected chi connectivity index (χ4v) is 2.85. The van der Waals surface area contributed by atoms with Gasteiger partial charge >= 0.3 is 0 Å². The number of aliphatic imine (C=N–C) groups is 1. The van der Waals surface area contributed by atoms with E-state index in [9.17, 15) is 0 Å². The van der Waals surface area contributed by atoms with Crippen molar-refractivity contribution in [1.82, 2.24) is 20.4 Å². The van der Waals surface area contributed by atoms with Crippen molar-refractivity contribution in [2.45, 2.75) is 13.5 Å². The van der Waals surface area contributed by atoms with E-state index in [0.29, 0.717) is 0 Å². The number of hydrogen-bond acceptors (Lipinski definition) is 4. The smallest absolute Gasteiger partial charge is 0.191 e. The predicted molar refractivity (Wildman–Crippen MR) is 115 cm³/mol. The summed E-state index contributed by atoms with van der Waals surface area (Å²) >= 11 is 0. The van der Waals surface area contributed by atoms with E-state index in [1.165, 1.54) is 18.7 Å². The third kappa shape index (κ3) is 7.79. The first kappa shape index (κ1) is 22.0. The summed E-state index contributed by atoms with van der Waals surface area (Å²) in [6.07, 6.45) is 0. The van der Waals surface area contributed by atoms with Gasteiger partial charge in [0.25, 0.3) is 0 Å². The second kappa shape index (κ2) is 12.3. The van der Waals surface area contributed by atoms with Crippen LogP contribution in [0.15, 0.2) is 29.3 Å². The summed E-state index contributed by atoms with van der Waals surface area (Å²) in [5.41, 5.74) is 1.17. The number of rotatable bonds is 7. The van der Waals surface area contributed by atoms with Crippen LogP contribution in [0.5, 0.6) is 5.75 Å². The van der Waals surface area contributed by atoms with Crippen molar-refractivity contribution in [3.05, 3.63) is 29.8 Å². The molecule has 0 aromatic heterocycles. The van der Waals surface area contributed by atoms with Gasteiger partial charge in [0.05, 0.1) is 7.11 Å². The van der Waals surface area contributed by atoms with Gasteiger partial charge < -0.3 is 20.3 Å². The number of ether oxygens (including phenoxy) is 1. The zero-order chi connectivity index (χ0) is 17.2. The molecule has 0 saturated carbocycles. The topological polar surface area (TPSA) is 52.1 Å². The van der Waals surface area contributed by atoms with Gasteiger partial charge in [-0.1, -0.05) is 19.1 Å². The van der Waals surface area contributed by atoms with Gasteiger partial charge in [0.1, 0.15) is 5.75 Å². The van der Waals surface area contributed by atoms with Crippen molar-refractivity contribution >= 4 is 29.9 Å². The van der Waals surface area contributed by atoms with Crippen molar-refractivity contribution in [3.63, 3.8) is 0 Å². The fourth-order valence-electron chi connectivity index (χ4n) is 2.85. The Morgan fingerprint density at radius 3 is 2.52 bits per heavy atom. The van der Waals surface area contributed by atoms with E-state index in [2.05, 4.69) is 38.4 Å². The van der Waals surface area contributed by atoms with Crippen LogP contribution in [0.2, 0.25) is 0 Å². The Labute approximate surface area is 169 Å². The Morgan fingerprint density at radius 1 is 1.16 bits per heavy atom.